The molecule has 0 aliphatic carbocycles. The lowest BCUT2D eigenvalue weighted by Crippen LogP contribution is -2.22. The first kappa shape index (κ1) is 11.9. The molecule has 0 unspecified atom stereocenters. The van der Waals surface area contributed by atoms with E-state index in [9.17, 15) is 13.2 Å². The molecule has 0 heterocycles. The second-order valence-corrected chi connectivity index (χ2v) is 5.52. The number of sulfonamides is 1. The molecule has 0 spiro atoms. The van der Waals surface area contributed by atoms with Gasteiger partial charge in [-0.25, -0.2) is 12.7 Å². The predicted octanol–water partition coefficient (Wildman–Crippen LogP) is 1.14. The Balaban J connectivity index is 3.29. The Labute approximate surface area is 89.6 Å². The third-order valence-corrected chi connectivity index (χ3v) is 3.83. The van der Waals surface area contributed by atoms with E-state index in [4.69, 9.17) is 0 Å². The molecule has 0 radical (unpaired) electrons. The maximum absolute atomic E-state index is 11.7. The van der Waals surface area contributed by atoms with Gasteiger partial charge in [-0.15, -0.1) is 0 Å². The van der Waals surface area contributed by atoms with Crippen molar-refractivity contribution in [2.24, 2.45) is 0 Å². The van der Waals surface area contributed by atoms with Gasteiger partial charge < -0.3 is 0 Å². The van der Waals surface area contributed by atoms with Crippen LogP contribution in [0.3, 0.4) is 0 Å². The Hall–Kier alpha value is -1.20. The molecule has 0 atom stereocenters. The van der Waals surface area contributed by atoms with Crippen molar-refractivity contribution in [2.75, 3.05) is 14.1 Å². The molecule has 5 heteroatoms. The highest BCUT2D eigenvalue weighted by Crippen LogP contribution is 2.14. The van der Waals surface area contributed by atoms with Crippen molar-refractivity contribution in [3.8, 4) is 0 Å². The largest absolute Gasteiger partial charge is 0.295 e. The topological polar surface area (TPSA) is 54.5 Å². The molecule has 4 nitrogen and oxygen atoms in total. The van der Waals surface area contributed by atoms with E-state index in [0.29, 0.717) is 5.56 Å². The number of ketones is 1. The van der Waals surface area contributed by atoms with Gasteiger partial charge in [0.25, 0.3) is 0 Å². The van der Waals surface area contributed by atoms with Crippen LogP contribution in [-0.2, 0) is 10.0 Å². The minimum Gasteiger partial charge on any atom is -0.295 e. The van der Waals surface area contributed by atoms with Crippen LogP contribution in [0.15, 0.2) is 29.2 Å². The van der Waals surface area contributed by atoms with Gasteiger partial charge in [-0.1, -0.05) is 12.1 Å². The van der Waals surface area contributed by atoms with Crippen molar-refractivity contribution < 1.29 is 13.2 Å². The fourth-order valence-electron chi connectivity index (χ4n) is 1.09. The van der Waals surface area contributed by atoms with Crippen molar-refractivity contribution in [2.45, 2.75) is 11.8 Å². The molecule has 15 heavy (non-hydrogen) atoms. The van der Waals surface area contributed by atoms with Gasteiger partial charge in [0.15, 0.2) is 5.78 Å². The van der Waals surface area contributed by atoms with Gasteiger partial charge in [0.2, 0.25) is 10.0 Å². The van der Waals surface area contributed by atoms with Gasteiger partial charge >= 0.3 is 0 Å². The second kappa shape index (κ2) is 4.12. The van der Waals surface area contributed by atoms with E-state index in [-0.39, 0.29) is 10.7 Å². The van der Waals surface area contributed by atoms with Crippen LogP contribution < -0.4 is 0 Å². The molecule has 0 aliphatic heterocycles. The van der Waals surface area contributed by atoms with Gasteiger partial charge in [0.1, 0.15) is 0 Å². The molecule has 0 amide bonds. The zero-order valence-corrected chi connectivity index (χ0v) is 9.71. The average Bonchev–Trinajstić information content (AvgIpc) is 2.17. The van der Waals surface area contributed by atoms with Crippen LogP contribution in [0.1, 0.15) is 17.3 Å². The van der Waals surface area contributed by atoms with Crippen molar-refractivity contribution in [3.05, 3.63) is 29.8 Å². The second-order valence-electron chi connectivity index (χ2n) is 3.37. The molecular formula is C10H13NO3S. The van der Waals surface area contributed by atoms with Gasteiger partial charge in [-0.2, -0.15) is 0 Å². The maximum Gasteiger partial charge on any atom is 0.242 e. The van der Waals surface area contributed by atoms with Crippen molar-refractivity contribution in [1.29, 1.82) is 0 Å². The molecule has 1 rings (SSSR count). The quantitative estimate of drug-likeness (QED) is 0.728. The van der Waals surface area contributed by atoms with Crippen LogP contribution in [0, 0.1) is 0 Å². The van der Waals surface area contributed by atoms with Crippen LogP contribution in [0.5, 0.6) is 0 Å². The number of nitrogens with zero attached hydrogens (tertiary/aromatic N) is 1. The lowest BCUT2D eigenvalue weighted by atomic mass is 10.2. The summed E-state index contributed by atoms with van der Waals surface area (Å²) in [5.41, 5.74) is 0.401. The molecule has 1 aromatic carbocycles. The summed E-state index contributed by atoms with van der Waals surface area (Å²) in [7, 11) is -0.544. The molecule has 0 aliphatic rings. The zero-order chi connectivity index (χ0) is 11.6. The number of carbonyl (C=O) groups excluding carboxylic acids is 1. The number of hydrogen-bond donors (Lipinski definition) is 0. The van der Waals surface area contributed by atoms with Crippen LogP contribution in [0.4, 0.5) is 0 Å². The predicted molar refractivity (Wildman–Crippen MR) is 57.3 cm³/mol. The number of hydrogen-bond acceptors (Lipinski definition) is 3. The molecule has 82 valence electrons. The molecular weight excluding hydrogens is 214 g/mol. The van der Waals surface area contributed by atoms with E-state index < -0.39 is 10.0 Å². The minimum absolute atomic E-state index is 0.139. The van der Waals surface area contributed by atoms with Gasteiger partial charge in [-0.3, -0.25) is 4.79 Å². The van der Waals surface area contributed by atoms with Gasteiger partial charge in [-0.05, 0) is 19.1 Å². The Morgan fingerprint density at radius 1 is 1.27 bits per heavy atom. The Morgan fingerprint density at radius 2 is 1.87 bits per heavy atom. The lowest BCUT2D eigenvalue weighted by Gasteiger charge is -2.11. The lowest BCUT2D eigenvalue weighted by molar-refractivity contribution is 0.101. The fraction of sp³-hybridized carbons (Fsp3) is 0.300. The summed E-state index contributed by atoms with van der Waals surface area (Å²) in [4.78, 5) is 11.2. The highest BCUT2D eigenvalue weighted by atomic mass is 32.2. The highest BCUT2D eigenvalue weighted by molar-refractivity contribution is 7.89. The maximum atomic E-state index is 11.7. The number of Topliss-reactive ketones (excluding diaryl/α,β-unsaturated/α-hetero) is 1. The molecule has 1 aromatic rings. The highest BCUT2D eigenvalue weighted by Gasteiger charge is 2.17. The van der Waals surface area contributed by atoms with Gasteiger partial charge in [0.05, 0.1) is 4.90 Å². The smallest absolute Gasteiger partial charge is 0.242 e. The summed E-state index contributed by atoms with van der Waals surface area (Å²) < 4.78 is 24.6. The normalized spacial score (nSPS) is 11.7. The van der Waals surface area contributed by atoms with Crippen molar-refractivity contribution in [3.63, 3.8) is 0 Å². The van der Waals surface area contributed by atoms with Crippen molar-refractivity contribution >= 4 is 15.8 Å². The summed E-state index contributed by atoms with van der Waals surface area (Å²) in [5, 5.41) is 0. The van der Waals surface area contributed by atoms with E-state index in [2.05, 4.69) is 0 Å². The van der Waals surface area contributed by atoms with Crippen LogP contribution in [-0.4, -0.2) is 32.6 Å². The number of benzene rings is 1. The average molecular weight is 227 g/mol. The Morgan fingerprint density at radius 3 is 2.33 bits per heavy atom. The fourth-order valence-corrected chi connectivity index (χ4v) is 2.03. The standard InChI is InChI=1S/C10H13NO3S/c1-8(12)9-5-4-6-10(7-9)15(13,14)11(2)3/h4-7H,1-3H3. The Kier molecular flexibility index (Phi) is 3.26. The van der Waals surface area contributed by atoms with Crippen LogP contribution in [0.2, 0.25) is 0 Å². The third kappa shape index (κ3) is 2.43. The van der Waals surface area contributed by atoms with E-state index in [1.54, 1.807) is 12.1 Å². The van der Waals surface area contributed by atoms with E-state index >= 15 is 0 Å². The summed E-state index contributed by atoms with van der Waals surface area (Å²) in [6, 6.07) is 6.02. The number of carbonyl (C=O) groups is 1. The molecule has 0 N–H and O–H groups in total. The first-order valence-corrected chi connectivity index (χ1v) is 5.83. The first-order valence-electron chi connectivity index (χ1n) is 4.39. The summed E-state index contributed by atoms with van der Waals surface area (Å²) in [6.45, 7) is 1.40. The first-order chi connectivity index (χ1) is 6.85. The van der Waals surface area contributed by atoms with Crippen LogP contribution in [0.25, 0.3) is 0 Å². The van der Waals surface area contributed by atoms with E-state index in [1.165, 1.54) is 33.2 Å². The Bertz CT molecular complexity index is 477. The summed E-state index contributed by atoms with van der Waals surface area (Å²) >= 11 is 0. The number of rotatable bonds is 3. The zero-order valence-electron chi connectivity index (χ0n) is 8.89. The molecule has 0 aromatic heterocycles. The SMILES string of the molecule is CC(=O)c1cccc(S(=O)(=O)N(C)C)c1. The third-order valence-electron chi connectivity index (χ3n) is 2.02. The summed E-state index contributed by atoms with van der Waals surface area (Å²) in [6.07, 6.45) is 0. The molecule has 0 bridgehead atoms. The minimum atomic E-state index is -3.45. The van der Waals surface area contributed by atoms with E-state index in [0.717, 1.165) is 4.31 Å². The van der Waals surface area contributed by atoms with E-state index in [1.807, 2.05) is 0 Å². The summed E-state index contributed by atoms with van der Waals surface area (Å²) in [5.74, 6) is -0.147. The van der Waals surface area contributed by atoms with Crippen molar-refractivity contribution in [1.82, 2.24) is 4.31 Å². The van der Waals surface area contributed by atoms with Crippen LogP contribution >= 0.6 is 0 Å². The van der Waals surface area contributed by atoms with Gasteiger partial charge in [0, 0.05) is 19.7 Å². The molecule has 0 fully saturated rings. The monoisotopic (exact) mass is 227 g/mol. The molecule has 0 saturated carbocycles. The molecule has 0 saturated heterocycles.